The maximum Gasteiger partial charge on any atom is 0.218 e. The van der Waals surface area contributed by atoms with Gasteiger partial charge in [0, 0.05) is 0 Å². The summed E-state index contributed by atoms with van der Waals surface area (Å²) in [6.07, 6.45) is -19.4. The second-order valence-electron chi connectivity index (χ2n) is 6.92. The van der Waals surface area contributed by atoms with Gasteiger partial charge in [-0.15, -0.1) is 8.67 Å². The molecule has 9 atom stereocenters. The molecule has 0 aliphatic carbocycles. The number of aliphatic hydroxyl groups is 2. The molecule has 0 radical (unpaired) electrons. The Morgan fingerprint density at radius 3 is 2.00 bits per heavy atom. The van der Waals surface area contributed by atoms with Crippen LogP contribution in [0.25, 0.3) is 0 Å². The van der Waals surface area contributed by atoms with E-state index in [0.717, 1.165) is 0 Å². The molecule has 9 unspecified atom stereocenters. The standard InChI is InChI=1S/C12H20O23S4/c13-1-3-7(30-38(19,20)21)6(4(26-3)2-25-36-34-32-17)27-12-9(31-39(22,23)24)5(14)8(29-37-35-33-18)10(28-12)11(15)16/h3-10,12-14,17-18H,1-2H2,(H,15,16)(H,19,20,21)(H,22,23,24)/p-5. The molecule has 230 valence electrons. The van der Waals surface area contributed by atoms with E-state index in [4.69, 9.17) is 18.4 Å². The van der Waals surface area contributed by atoms with Crippen LogP contribution in [0, 0.1) is 0 Å². The third-order valence-electron chi connectivity index (χ3n) is 4.63. The number of rotatable bonds is 17. The van der Waals surface area contributed by atoms with Gasteiger partial charge < -0.3 is 53.9 Å². The molecular weight excluding hydrogens is 640 g/mol. The summed E-state index contributed by atoms with van der Waals surface area (Å²) in [6, 6.07) is 0. The Kier molecular flexibility index (Phi) is 13.8. The lowest BCUT2D eigenvalue weighted by atomic mass is 9.98. The average Bonchev–Trinajstić information content (AvgIpc) is 3.14. The fraction of sp³-hybridized carbons (Fsp3) is 0.917. The minimum absolute atomic E-state index is 0.0850. The predicted octanol–water partition coefficient (Wildman–Crippen LogP) is -7.37. The maximum atomic E-state index is 11.6. The van der Waals surface area contributed by atoms with E-state index < -0.39 is 95.1 Å². The summed E-state index contributed by atoms with van der Waals surface area (Å²) in [5, 5.41) is 57.4. The predicted molar refractivity (Wildman–Crippen MR) is 99.8 cm³/mol. The first kappa shape index (κ1) is 34.6. The van der Waals surface area contributed by atoms with E-state index in [9.17, 15) is 56.6 Å². The van der Waals surface area contributed by atoms with Gasteiger partial charge in [0.2, 0.25) is 20.8 Å². The van der Waals surface area contributed by atoms with Gasteiger partial charge in [-0.25, -0.2) is 16.8 Å². The molecule has 0 aromatic rings. The first-order valence-corrected chi connectivity index (χ1v) is 13.5. The number of hydrogen-bond acceptors (Lipinski definition) is 25. The third-order valence-corrected chi connectivity index (χ3v) is 6.30. The molecule has 0 spiro atoms. The van der Waals surface area contributed by atoms with E-state index in [2.05, 4.69) is 31.3 Å². The van der Waals surface area contributed by atoms with Crippen molar-refractivity contribution in [3.05, 3.63) is 0 Å². The van der Waals surface area contributed by atoms with Gasteiger partial charge in [-0.1, -0.05) is 0 Å². The lowest BCUT2D eigenvalue weighted by Gasteiger charge is -2.44. The summed E-state index contributed by atoms with van der Waals surface area (Å²) in [4.78, 5) is 11.6. The zero-order chi connectivity index (χ0) is 29.4. The Morgan fingerprint density at radius 1 is 0.872 bits per heavy atom. The molecule has 23 nitrogen and oxygen atoms in total. The monoisotopic (exact) mass is 655 g/mol. The van der Waals surface area contributed by atoms with Gasteiger partial charge in [0.15, 0.2) is 37.0 Å². The lowest BCUT2D eigenvalue weighted by Crippen LogP contribution is -2.65. The van der Waals surface area contributed by atoms with Gasteiger partial charge in [0.25, 0.3) is 0 Å². The molecule has 0 aromatic heterocycles. The smallest absolute Gasteiger partial charge is 0.218 e. The molecule has 39 heavy (non-hydrogen) atoms. The normalized spacial score (nSPS) is 33.8. The minimum atomic E-state index is -5.74. The first-order chi connectivity index (χ1) is 18.2. The molecular formula is C12H15O23S4-5. The molecule has 2 heterocycles. The quantitative estimate of drug-likeness (QED) is 0.0367. The highest BCUT2D eigenvalue weighted by Crippen LogP contribution is 2.35. The number of carbonyl (C=O) groups is 1. The van der Waals surface area contributed by atoms with Crippen LogP contribution in [0.2, 0.25) is 0 Å². The van der Waals surface area contributed by atoms with Crippen molar-refractivity contribution in [1.29, 1.82) is 0 Å². The van der Waals surface area contributed by atoms with E-state index in [1.807, 2.05) is 0 Å². The number of carbonyl (C=O) groups excluding carboxylic acids is 1. The average molecular weight is 655 g/mol. The van der Waals surface area contributed by atoms with Gasteiger partial charge in [0.05, 0.1) is 19.2 Å². The van der Waals surface area contributed by atoms with E-state index in [-0.39, 0.29) is 24.6 Å². The van der Waals surface area contributed by atoms with Crippen LogP contribution >= 0.6 is 24.6 Å². The Hall–Kier alpha value is -0.610. The summed E-state index contributed by atoms with van der Waals surface area (Å²) >= 11 is -0.445. The number of ether oxygens (including phenoxy) is 3. The molecule has 2 N–H and O–H groups in total. The van der Waals surface area contributed by atoms with Crippen LogP contribution in [-0.4, -0.2) is 110 Å². The third kappa shape index (κ3) is 10.6. The number of carboxylic acids is 1. The highest BCUT2D eigenvalue weighted by atomic mass is 32.3. The molecule has 27 heteroatoms. The van der Waals surface area contributed by atoms with E-state index in [1.54, 1.807) is 0 Å². The van der Waals surface area contributed by atoms with E-state index in [1.165, 1.54) is 0 Å². The fourth-order valence-electron chi connectivity index (χ4n) is 3.33. The zero-order valence-corrected chi connectivity index (χ0v) is 21.5. The summed E-state index contributed by atoms with van der Waals surface area (Å²) in [5.41, 5.74) is 0. The number of hydrogen-bond donors (Lipinski definition) is 2. The van der Waals surface area contributed by atoms with Gasteiger partial charge >= 0.3 is 0 Å². The van der Waals surface area contributed by atoms with Gasteiger partial charge in [-0.2, -0.15) is 0 Å². The summed E-state index contributed by atoms with van der Waals surface area (Å²) in [5.74, 6) is -2.16. The van der Waals surface area contributed by atoms with Crippen LogP contribution in [-0.2, 0) is 75.3 Å². The molecule has 0 amide bonds. The van der Waals surface area contributed by atoms with Crippen LogP contribution in [0.4, 0.5) is 0 Å². The number of carboxylic acid groups (broad SMARTS) is 1. The minimum Gasteiger partial charge on any atom is -0.726 e. The number of aliphatic carboxylic acids is 1. The maximum absolute atomic E-state index is 11.6. The second kappa shape index (κ2) is 15.6. The molecule has 0 saturated carbocycles. The van der Waals surface area contributed by atoms with Gasteiger partial charge in [0.1, 0.15) is 42.7 Å². The Bertz CT molecular complexity index is 976. The van der Waals surface area contributed by atoms with Crippen LogP contribution in [0.3, 0.4) is 0 Å². The molecule has 2 saturated heterocycles. The molecule has 2 aliphatic heterocycles. The van der Waals surface area contributed by atoms with E-state index >= 15 is 0 Å². The van der Waals surface area contributed by atoms with Crippen molar-refractivity contribution in [2.45, 2.75) is 55.1 Å². The van der Waals surface area contributed by atoms with Crippen molar-refractivity contribution < 1.29 is 106 Å². The molecule has 0 bridgehead atoms. The van der Waals surface area contributed by atoms with Crippen LogP contribution in [0.5, 0.6) is 0 Å². The van der Waals surface area contributed by atoms with Crippen molar-refractivity contribution >= 4 is 51.4 Å². The number of aliphatic hydroxyl groups excluding tert-OH is 2. The van der Waals surface area contributed by atoms with Gasteiger partial charge in [-0.05, 0) is 0 Å². The summed E-state index contributed by atoms with van der Waals surface area (Å²) in [7, 11) is -11.3. The largest absolute Gasteiger partial charge is 0.726 e. The van der Waals surface area contributed by atoms with Crippen molar-refractivity contribution in [3.8, 4) is 0 Å². The van der Waals surface area contributed by atoms with Crippen molar-refractivity contribution in [3.63, 3.8) is 0 Å². The topological polar surface area (TPSA) is 343 Å². The van der Waals surface area contributed by atoms with Crippen LogP contribution < -0.4 is 15.6 Å². The Labute approximate surface area is 226 Å². The first-order valence-electron chi connectivity index (χ1n) is 9.50. The lowest BCUT2D eigenvalue weighted by molar-refractivity contribution is -0.777. The van der Waals surface area contributed by atoms with E-state index in [0.29, 0.717) is 0 Å². The van der Waals surface area contributed by atoms with Crippen molar-refractivity contribution in [2.24, 2.45) is 0 Å². The zero-order valence-electron chi connectivity index (χ0n) is 18.2. The Morgan fingerprint density at radius 2 is 1.46 bits per heavy atom. The Balaban J connectivity index is 2.43. The van der Waals surface area contributed by atoms with Crippen molar-refractivity contribution in [1.82, 2.24) is 0 Å². The second-order valence-corrected chi connectivity index (χ2v) is 9.91. The van der Waals surface area contributed by atoms with Crippen LogP contribution in [0.1, 0.15) is 0 Å². The van der Waals surface area contributed by atoms with Crippen LogP contribution in [0.15, 0.2) is 0 Å². The highest BCUT2D eigenvalue weighted by Gasteiger charge is 2.54. The van der Waals surface area contributed by atoms with Crippen molar-refractivity contribution in [2.75, 3.05) is 13.2 Å². The molecule has 0 aromatic carbocycles. The summed E-state index contributed by atoms with van der Waals surface area (Å²) < 4.78 is 109. The fourth-order valence-corrected chi connectivity index (χ4v) is 4.92. The highest BCUT2D eigenvalue weighted by molar-refractivity contribution is 7.89. The molecule has 2 aliphatic rings. The molecule has 2 fully saturated rings. The van der Waals surface area contributed by atoms with Gasteiger partial charge in [-0.3, -0.25) is 26.8 Å². The SMILES string of the molecule is O=C([O-])C1OC(OC2C(COSOO[O-])OC(CO)C2OS(=O)(=O)[O-])C(OS(=O)(=O)[O-])C(O)C1OSOO[O-]. The molecule has 2 rings (SSSR count). The summed E-state index contributed by atoms with van der Waals surface area (Å²) in [6.45, 7) is -1.79.